The molecule has 0 spiro atoms. The Morgan fingerprint density at radius 1 is 1.10 bits per heavy atom. The minimum Gasteiger partial charge on any atom is -0.495 e. The number of ether oxygens (including phenoxy) is 2. The summed E-state index contributed by atoms with van der Waals surface area (Å²) in [5.41, 5.74) is 1.76. The molecule has 2 rings (SSSR count). The first-order chi connectivity index (χ1) is 13.6. The molecule has 0 radical (unpaired) electrons. The molecule has 0 bridgehead atoms. The Hall–Kier alpha value is -2.91. The lowest BCUT2D eigenvalue weighted by molar-refractivity contribution is -0.151. The van der Waals surface area contributed by atoms with Crippen molar-refractivity contribution in [1.82, 2.24) is 4.72 Å². The summed E-state index contributed by atoms with van der Waals surface area (Å²) in [5.74, 6) is -0.984. The zero-order valence-corrected chi connectivity index (χ0v) is 17.5. The number of methoxy groups -OCH3 is 1. The number of esters is 1. The van der Waals surface area contributed by atoms with Crippen LogP contribution in [0.3, 0.4) is 0 Å². The maximum Gasteiger partial charge on any atom is 0.321 e. The molecule has 1 atom stereocenters. The van der Waals surface area contributed by atoms with E-state index in [9.17, 15) is 18.0 Å². The van der Waals surface area contributed by atoms with Gasteiger partial charge in [-0.3, -0.25) is 9.59 Å². The minimum atomic E-state index is -3.89. The van der Waals surface area contributed by atoms with Gasteiger partial charge in [-0.05, 0) is 50.1 Å². The molecule has 2 aromatic carbocycles. The molecule has 2 aromatic rings. The number of nitrogens with one attached hydrogen (secondary N) is 2. The zero-order valence-electron chi connectivity index (χ0n) is 16.7. The van der Waals surface area contributed by atoms with Gasteiger partial charge in [-0.2, -0.15) is 4.72 Å². The summed E-state index contributed by atoms with van der Waals surface area (Å²) in [6.07, 6.45) is -1.13. The first-order valence-corrected chi connectivity index (χ1v) is 10.3. The van der Waals surface area contributed by atoms with Gasteiger partial charge in [0.25, 0.3) is 5.91 Å². The van der Waals surface area contributed by atoms with Crippen LogP contribution < -0.4 is 14.8 Å². The van der Waals surface area contributed by atoms with Crippen molar-refractivity contribution in [2.45, 2.75) is 31.8 Å². The molecule has 8 nitrogen and oxygen atoms in total. The molecule has 29 heavy (non-hydrogen) atoms. The molecule has 1 amide bonds. The first-order valence-electron chi connectivity index (χ1n) is 8.84. The van der Waals surface area contributed by atoms with Crippen molar-refractivity contribution in [2.24, 2.45) is 0 Å². The van der Waals surface area contributed by atoms with Crippen molar-refractivity contribution in [2.75, 3.05) is 19.0 Å². The fraction of sp³-hybridized carbons (Fsp3) is 0.300. The van der Waals surface area contributed by atoms with Gasteiger partial charge in [0.15, 0.2) is 6.10 Å². The van der Waals surface area contributed by atoms with Gasteiger partial charge in [0, 0.05) is 0 Å². The van der Waals surface area contributed by atoms with Gasteiger partial charge >= 0.3 is 5.97 Å². The summed E-state index contributed by atoms with van der Waals surface area (Å²) < 4.78 is 37.2. The standard InChI is InChI=1S/C20H24N2O6S/c1-13-9-10-14(2)18(11-13)29(25,26)21-12-19(23)28-15(3)20(24)22-16-7-5-6-8-17(16)27-4/h5-11,15,21H,12H2,1-4H3,(H,22,24). The van der Waals surface area contributed by atoms with E-state index >= 15 is 0 Å². The molecule has 0 aliphatic heterocycles. The Morgan fingerprint density at radius 3 is 2.48 bits per heavy atom. The van der Waals surface area contributed by atoms with Crippen LogP contribution in [0.1, 0.15) is 18.1 Å². The second-order valence-corrected chi connectivity index (χ2v) is 8.15. The lowest BCUT2D eigenvalue weighted by Crippen LogP contribution is -2.36. The maximum atomic E-state index is 12.4. The molecule has 0 heterocycles. The number of para-hydroxylation sites is 2. The molecule has 0 aliphatic rings. The van der Waals surface area contributed by atoms with Gasteiger partial charge < -0.3 is 14.8 Å². The number of carbonyl (C=O) groups is 2. The number of aryl methyl sites for hydroxylation is 2. The topological polar surface area (TPSA) is 111 Å². The van der Waals surface area contributed by atoms with Gasteiger partial charge in [0.05, 0.1) is 17.7 Å². The smallest absolute Gasteiger partial charge is 0.321 e. The third kappa shape index (κ3) is 6.03. The van der Waals surface area contributed by atoms with Crippen molar-refractivity contribution in [1.29, 1.82) is 0 Å². The summed E-state index contributed by atoms with van der Waals surface area (Å²) in [5, 5.41) is 2.60. The Bertz CT molecular complexity index is 1000. The summed E-state index contributed by atoms with van der Waals surface area (Å²) in [7, 11) is -2.42. The van der Waals surface area contributed by atoms with Crippen LogP contribution in [-0.4, -0.2) is 40.1 Å². The van der Waals surface area contributed by atoms with Crippen LogP contribution in [0.2, 0.25) is 0 Å². The van der Waals surface area contributed by atoms with E-state index in [0.717, 1.165) is 5.56 Å². The van der Waals surface area contributed by atoms with Crippen molar-refractivity contribution < 1.29 is 27.5 Å². The number of amides is 1. The number of hydrogen-bond acceptors (Lipinski definition) is 6. The molecule has 1 unspecified atom stereocenters. The average molecular weight is 420 g/mol. The molecule has 0 saturated carbocycles. The van der Waals surface area contributed by atoms with E-state index in [4.69, 9.17) is 9.47 Å². The molecule has 0 fully saturated rings. The fourth-order valence-electron chi connectivity index (χ4n) is 2.50. The summed E-state index contributed by atoms with van der Waals surface area (Å²) in [4.78, 5) is 24.3. The lowest BCUT2D eigenvalue weighted by Gasteiger charge is -2.15. The lowest BCUT2D eigenvalue weighted by atomic mass is 10.2. The summed E-state index contributed by atoms with van der Waals surface area (Å²) in [6.45, 7) is 4.23. The van der Waals surface area contributed by atoms with Crippen LogP contribution >= 0.6 is 0 Å². The van der Waals surface area contributed by atoms with E-state index in [2.05, 4.69) is 10.0 Å². The normalized spacial score (nSPS) is 12.1. The number of carbonyl (C=O) groups excluding carboxylic acids is 2. The van der Waals surface area contributed by atoms with Crippen molar-refractivity contribution in [3.8, 4) is 5.75 Å². The number of rotatable bonds is 8. The van der Waals surface area contributed by atoms with Crippen molar-refractivity contribution in [3.63, 3.8) is 0 Å². The van der Waals surface area contributed by atoms with Crippen LogP contribution in [-0.2, 0) is 24.3 Å². The van der Waals surface area contributed by atoms with Gasteiger partial charge in [0.2, 0.25) is 10.0 Å². The molecule has 9 heteroatoms. The van der Waals surface area contributed by atoms with E-state index in [1.807, 2.05) is 0 Å². The minimum absolute atomic E-state index is 0.0901. The number of hydrogen-bond donors (Lipinski definition) is 2. The van der Waals surface area contributed by atoms with Gasteiger partial charge in [-0.15, -0.1) is 0 Å². The fourth-order valence-corrected chi connectivity index (χ4v) is 3.80. The maximum absolute atomic E-state index is 12.4. The van der Waals surface area contributed by atoms with Crippen LogP contribution in [0, 0.1) is 13.8 Å². The molecular weight excluding hydrogens is 396 g/mol. The monoisotopic (exact) mass is 420 g/mol. The van der Waals surface area contributed by atoms with Crippen molar-refractivity contribution in [3.05, 3.63) is 53.6 Å². The molecule has 156 valence electrons. The number of anilines is 1. The second kappa shape index (κ2) is 9.53. The molecule has 0 aromatic heterocycles. The third-order valence-electron chi connectivity index (χ3n) is 4.08. The Morgan fingerprint density at radius 2 is 1.79 bits per heavy atom. The van der Waals surface area contributed by atoms with Crippen molar-refractivity contribution >= 4 is 27.6 Å². The number of benzene rings is 2. The highest BCUT2D eigenvalue weighted by atomic mass is 32.2. The van der Waals surface area contributed by atoms with Crippen LogP contribution in [0.15, 0.2) is 47.4 Å². The largest absolute Gasteiger partial charge is 0.495 e. The quantitative estimate of drug-likeness (QED) is 0.633. The molecular formula is C20H24N2O6S. The Balaban J connectivity index is 1.94. The SMILES string of the molecule is COc1ccccc1NC(=O)C(C)OC(=O)CNS(=O)(=O)c1cc(C)ccc1C. The molecule has 0 aliphatic carbocycles. The van der Waals surface area contributed by atoms with E-state index in [0.29, 0.717) is 17.0 Å². The van der Waals surface area contributed by atoms with Gasteiger partial charge in [-0.1, -0.05) is 24.3 Å². The Labute approximate surface area is 170 Å². The first kappa shape index (κ1) is 22.4. The van der Waals surface area contributed by atoms with E-state index in [1.165, 1.54) is 20.1 Å². The van der Waals surface area contributed by atoms with E-state index < -0.39 is 34.5 Å². The van der Waals surface area contributed by atoms with Gasteiger partial charge in [-0.25, -0.2) is 8.42 Å². The third-order valence-corrected chi connectivity index (χ3v) is 5.63. The summed E-state index contributed by atoms with van der Waals surface area (Å²) in [6, 6.07) is 11.8. The van der Waals surface area contributed by atoms with E-state index in [-0.39, 0.29) is 4.90 Å². The highest BCUT2D eigenvalue weighted by Crippen LogP contribution is 2.23. The molecule has 2 N–H and O–H groups in total. The predicted octanol–water partition coefficient (Wildman–Crippen LogP) is 2.16. The van der Waals surface area contributed by atoms with Crippen LogP contribution in [0.5, 0.6) is 5.75 Å². The second-order valence-electron chi connectivity index (χ2n) is 6.42. The molecule has 0 saturated heterocycles. The van der Waals surface area contributed by atoms with E-state index in [1.54, 1.807) is 50.2 Å². The van der Waals surface area contributed by atoms with Crippen LogP contribution in [0.25, 0.3) is 0 Å². The average Bonchev–Trinajstić information content (AvgIpc) is 2.68. The zero-order chi connectivity index (χ0) is 21.6. The summed E-state index contributed by atoms with van der Waals surface area (Å²) >= 11 is 0. The van der Waals surface area contributed by atoms with Crippen LogP contribution in [0.4, 0.5) is 5.69 Å². The highest BCUT2D eigenvalue weighted by Gasteiger charge is 2.22. The highest BCUT2D eigenvalue weighted by molar-refractivity contribution is 7.89. The Kier molecular flexibility index (Phi) is 7.35. The predicted molar refractivity (Wildman–Crippen MR) is 108 cm³/mol. The number of sulfonamides is 1. The van der Waals surface area contributed by atoms with Gasteiger partial charge in [0.1, 0.15) is 12.3 Å².